The molecule has 5 nitrogen and oxygen atoms in total. The van der Waals surface area contributed by atoms with Gasteiger partial charge in [-0.05, 0) is 43.3 Å². The predicted molar refractivity (Wildman–Crippen MR) is 106 cm³/mol. The van der Waals surface area contributed by atoms with Gasteiger partial charge in [0.05, 0.1) is 18.7 Å². The Morgan fingerprint density at radius 3 is 2.54 bits per heavy atom. The molecule has 1 aromatic heterocycles. The van der Waals surface area contributed by atoms with Crippen LogP contribution in [0.15, 0.2) is 60.9 Å². The van der Waals surface area contributed by atoms with E-state index in [4.69, 9.17) is 4.74 Å². The number of carbonyl (C=O) groups is 1. The van der Waals surface area contributed by atoms with Crippen molar-refractivity contribution in [1.82, 2.24) is 14.9 Å². The number of hydrogen-bond acceptors (Lipinski definition) is 4. The molecule has 0 radical (unpaired) electrons. The molecule has 0 saturated carbocycles. The largest absolute Gasteiger partial charge is 0.491 e. The summed E-state index contributed by atoms with van der Waals surface area (Å²) in [5.41, 5.74) is 3.42. The molecule has 0 N–H and O–H groups in total. The van der Waals surface area contributed by atoms with E-state index in [-0.39, 0.29) is 5.91 Å². The first kappa shape index (κ1) is 17.7. The molecule has 1 aliphatic rings. The highest BCUT2D eigenvalue weighted by molar-refractivity contribution is 5.97. The van der Waals surface area contributed by atoms with E-state index in [9.17, 15) is 4.79 Å². The van der Waals surface area contributed by atoms with Crippen molar-refractivity contribution in [3.8, 4) is 17.6 Å². The fourth-order valence-electron chi connectivity index (χ4n) is 2.95. The topological polar surface area (TPSA) is 55.3 Å². The summed E-state index contributed by atoms with van der Waals surface area (Å²) in [6.45, 7) is 3.30. The molecule has 0 bridgehead atoms. The molecule has 0 unspecified atom stereocenters. The van der Waals surface area contributed by atoms with Gasteiger partial charge in [-0.3, -0.25) is 4.79 Å². The van der Waals surface area contributed by atoms with Gasteiger partial charge in [-0.25, -0.2) is 9.97 Å². The molecular formula is C23H19N3O2. The van der Waals surface area contributed by atoms with E-state index in [1.807, 2.05) is 43.3 Å². The molecule has 0 atom stereocenters. The molecule has 1 amide bonds. The van der Waals surface area contributed by atoms with Gasteiger partial charge in [-0.15, -0.1) is 0 Å². The molecule has 1 aliphatic heterocycles. The number of hydrogen-bond donors (Lipinski definition) is 0. The lowest BCUT2D eigenvalue weighted by atomic mass is 10.1. The van der Waals surface area contributed by atoms with Crippen LogP contribution in [0.3, 0.4) is 0 Å². The van der Waals surface area contributed by atoms with Crippen LogP contribution >= 0.6 is 0 Å². The number of aromatic nitrogens is 2. The Hall–Kier alpha value is -3.65. The quantitative estimate of drug-likeness (QED) is 0.651. The predicted octanol–water partition coefficient (Wildman–Crippen LogP) is 3.22. The van der Waals surface area contributed by atoms with E-state index < -0.39 is 0 Å². The zero-order valence-electron chi connectivity index (χ0n) is 15.6. The minimum absolute atomic E-state index is 0.0982. The van der Waals surface area contributed by atoms with Crippen LogP contribution in [0.2, 0.25) is 0 Å². The van der Waals surface area contributed by atoms with Crippen LogP contribution in [0.5, 0.6) is 5.75 Å². The van der Waals surface area contributed by atoms with Crippen LogP contribution in [0, 0.1) is 18.8 Å². The second-order valence-electron chi connectivity index (χ2n) is 6.57. The van der Waals surface area contributed by atoms with Crippen LogP contribution in [-0.4, -0.2) is 33.9 Å². The second-order valence-corrected chi connectivity index (χ2v) is 6.57. The van der Waals surface area contributed by atoms with Crippen LogP contribution < -0.4 is 4.74 Å². The van der Waals surface area contributed by atoms with Crippen molar-refractivity contribution in [3.05, 3.63) is 89.0 Å². The number of amides is 1. The molecule has 28 heavy (non-hydrogen) atoms. The molecule has 0 fully saturated rings. The molecule has 3 aromatic rings. The van der Waals surface area contributed by atoms with E-state index in [1.54, 1.807) is 29.4 Å². The van der Waals surface area contributed by atoms with Crippen molar-refractivity contribution in [1.29, 1.82) is 0 Å². The minimum Gasteiger partial charge on any atom is -0.491 e. The van der Waals surface area contributed by atoms with Gasteiger partial charge in [-0.2, -0.15) is 0 Å². The summed E-state index contributed by atoms with van der Waals surface area (Å²) >= 11 is 0. The number of fused-ring (bicyclic) bond motifs is 1. The maximum atomic E-state index is 13.0. The average Bonchev–Trinajstić information content (AvgIpc) is 2.87. The number of carbonyl (C=O) groups excluding carboxylic acids is 1. The lowest BCUT2D eigenvalue weighted by Crippen LogP contribution is -2.32. The number of nitrogens with zero attached hydrogens (tertiary/aromatic N) is 3. The Morgan fingerprint density at radius 1 is 1.04 bits per heavy atom. The molecule has 5 heteroatoms. The first-order chi connectivity index (χ1) is 13.7. The molecule has 0 spiro atoms. The first-order valence-electron chi connectivity index (χ1n) is 9.10. The third-order valence-electron chi connectivity index (χ3n) is 4.47. The van der Waals surface area contributed by atoms with Crippen molar-refractivity contribution in [2.24, 2.45) is 0 Å². The molecular weight excluding hydrogens is 350 g/mol. The van der Waals surface area contributed by atoms with Crippen LogP contribution in [0.4, 0.5) is 0 Å². The number of rotatable bonds is 2. The summed E-state index contributed by atoms with van der Waals surface area (Å²) in [5, 5.41) is 0. The summed E-state index contributed by atoms with van der Waals surface area (Å²) in [7, 11) is 0. The Labute approximate surface area is 164 Å². The van der Waals surface area contributed by atoms with E-state index in [0.29, 0.717) is 36.8 Å². The number of aryl methyl sites for hydroxylation is 1. The van der Waals surface area contributed by atoms with Gasteiger partial charge in [0.15, 0.2) is 0 Å². The standard InChI is InChI=1S/C23H19N3O2/c1-17-3-5-18(6-4-17)7-8-19-9-10-21-20(15-19)23(27)26(13-14-28-21)16-22-24-11-2-12-25-22/h2-6,9-12,15H,13-14,16H2,1H3. The first-order valence-corrected chi connectivity index (χ1v) is 9.10. The Bertz CT molecular complexity index is 1050. The van der Waals surface area contributed by atoms with E-state index in [1.165, 1.54) is 5.56 Å². The fraction of sp³-hybridized carbons (Fsp3) is 0.174. The molecule has 138 valence electrons. The maximum absolute atomic E-state index is 13.0. The second kappa shape index (κ2) is 7.93. The summed E-state index contributed by atoms with van der Waals surface area (Å²) in [6.07, 6.45) is 3.35. The Balaban J connectivity index is 1.59. The molecule has 4 rings (SSSR count). The zero-order chi connectivity index (χ0) is 19.3. The lowest BCUT2D eigenvalue weighted by Gasteiger charge is -2.18. The third-order valence-corrected chi connectivity index (χ3v) is 4.47. The molecule has 2 heterocycles. The van der Waals surface area contributed by atoms with Gasteiger partial charge in [0.1, 0.15) is 18.2 Å². The summed E-state index contributed by atoms with van der Waals surface area (Å²) < 4.78 is 5.77. The van der Waals surface area contributed by atoms with Crippen molar-refractivity contribution in [2.45, 2.75) is 13.5 Å². The summed E-state index contributed by atoms with van der Waals surface area (Å²) in [5.74, 6) is 7.37. The van der Waals surface area contributed by atoms with Crippen molar-refractivity contribution in [3.63, 3.8) is 0 Å². The fourth-order valence-corrected chi connectivity index (χ4v) is 2.95. The SMILES string of the molecule is Cc1ccc(C#Cc2ccc3c(c2)C(=O)N(Cc2ncccn2)CCO3)cc1. The van der Waals surface area contributed by atoms with Gasteiger partial charge >= 0.3 is 0 Å². The van der Waals surface area contributed by atoms with Crippen LogP contribution in [0.1, 0.15) is 32.9 Å². The highest BCUT2D eigenvalue weighted by atomic mass is 16.5. The highest BCUT2D eigenvalue weighted by Crippen LogP contribution is 2.25. The number of ether oxygens (including phenoxy) is 1. The van der Waals surface area contributed by atoms with E-state index in [0.717, 1.165) is 11.1 Å². The minimum atomic E-state index is -0.0982. The smallest absolute Gasteiger partial charge is 0.258 e. The van der Waals surface area contributed by atoms with Gasteiger partial charge in [0.2, 0.25) is 0 Å². The highest BCUT2D eigenvalue weighted by Gasteiger charge is 2.24. The molecule has 0 aliphatic carbocycles. The number of benzene rings is 2. The maximum Gasteiger partial charge on any atom is 0.258 e. The lowest BCUT2D eigenvalue weighted by molar-refractivity contribution is 0.0738. The van der Waals surface area contributed by atoms with Gasteiger partial charge in [0.25, 0.3) is 5.91 Å². The molecule has 0 saturated heterocycles. The van der Waals surface area contributed by atoms with Gasteiger partial charge in [-0.1, -0.05) is 29.5 Å². The van der Waals surface area contributed by atoms with Crippen LogP contribution in [-0.2, 0) is 6.54 Å². The Kier molecular flexibility index (Phi) is 5.03. The monoisotopic (exact) mass is 369 g/mol. The van der Waals surface area contributed by atoms with Crippen LogP contribution in [0.25, 0.3) is 0 Å². The van der Waals surface area contributed by atoms with Crippen molar-refractivity contribution in [2.75, 3.05) is 13.2 Å². The Morgan fingerprint density at radius 2 is 1.75 bits per heavy atom. The van der Waals surface area contributed by atoms with Crippen molar-refractivity contribution >= 4 is 5.91 Å². The van der Waals surface area contributed by atoms with Gasteiger partial charge in [0, 0.05) is 23.5 Å². The van der Waals surface area contributed by atoms with Crippen molar-refractivity contribution < 1.29 is 9.53 Å². The normalized spacial score (nSPS) is 13.0. The van der Waals surface area contributed by atoms with E-state index in [2.05, 4.69) is 21.8 Å². The average molecular weight is 369 g/mol. The third kappa shape index (κ3) is 4.02. The molecule has 2 aromatic carbocycles. The summed E-state index contributed by atoms with van der Waals surface area (Å²) in [6, 6.07) is 15.3. The van der Waals surface area contributed by atoms with E-state index >= 15 is 0 Å². The zero-order valence-corrected chi connectivity index (χ0v) is 15.6. The van der Waals surface area contributed by atoms with Gasteiger partial charge < -0.3 is 9.64 Å². The summed E-state index contributed by atoms with van der Waals surface area (Å²) in [4.78, 5) is 23.2.